The average molecular weight is 384 g/mol. The maximum Gasteiger partial charge on any atom is 0.229 e. The van der Waals surface area contributed by atoms with E-state index in [0.29, 0.717) is 5.95 Å². The van der Waals surface area contributed by atoms with Crippen molar-refractivity contribution in [3.8, 4) is 0 Å². The number of hydrogen-bond acceptors (Lipinski definition) is 5. The Morgan fingerprint density at radius 2 is 1.74 bits per heavy atom. The van der Waals surface area contributed by atoms with E-state index in [1.165, 1.54) is 19.8 Å². The number of para-hydroxylation sites is 1. The lowest BCUT2D eigenvalue weighted by Gasteiger charge is -2.19. The number of benzene rings is 2. The van der Waals surface area contributed by atoms with Gasteiger partial charge in [-0.25, -0.2) is 4.98 Å². The molecule has 4 rings (SSSR count). The molecule has 2 aromatic carbocycles. The number of fused-ring (bicyclic) bond motifs is 1. The SMILES string of the molecule is CC(=O)Nc1cccc(Nc2nc(N3CCCC3)c3ccccc3n2)c1.Cl. The zero-order valence-electron chi connectivity index (χ0n) is 15.1. The Morgan fingerprint density at radius 1 is 1.00 bits per heavy atom. The number of aromatic nitrogens is 2. The topological polar surface area (TPSA) is 70.2 Å². The maximum absolute atomic E-state index is 11.3. The van der Waals surface area contributed by atoms with Crippen LogP contribution in [0.4, 0.5) is 23.1 Å². The lowest BCUT2D eigenvalue weighted by molar-refractivity contribution is -0.114. The highest BCUT2D eigenvalue weighted by Crippen LogP contribution is 2.29. The van der Waals surface area contributed by atoms with E-state index >= 15 is 0 Å². The summed E-state index contributed by atoms with van der Waals surface area (Å²) >= 11 is 0. The highest BCUT2D eigenvalue weighted by Gasteiger charge is 2.18. The van der Waals surface area contributed by atoms with Crippen LogP contribution < -0.4 is 15.5 Å². The third-order valence-electron chi connectivity index (χ3n) is 4.43. The summed E-state index contributed by atoms with van der Waals surface area (Å²) in [4.78, 5) is 23.0. The van der Waals surface area contributed by atoms with Gasteiger partial charge in [-0.3, -0.25) is 4.79 Å². The van der Waals surface area contributed by atoms with E-state index in [-0.39, 0.29) is 18.3 Å². The Labute approximate surface area is 164 Å². The Hall–Kier alpha value is -2.86. The van der Waals surface area contributed by atoms with Crippen molar-refractivity contribution in [2.75, 3.05) is 28.6 Å². The van der Waals surface area contributed by atoms with Gasteiger partial charge in [0, 0.05) is 36.8 Å². The molecular formula is C20H22ClN5O. The summed E-state index contributed by atoms with van der Waals surface area (Å²) in [5.41, 5.74) is 2.49. The second kappa shape index (κ2) is 8.22. The van der Waals surface area contributed by atoms with Gasteiger partial charge in [0.1, 0.15) is 5.82 Å². The number of amides is 1. The first kappa shape index (κ1) is 18.9. The standard InChI is InChI=1S/C20H21N5O.ClH/c1-14(26)21-15-7-6-8-16(13-15)22-20-23-18-10-3-2-9-17(18)19(24-20)25-11-4-5-12-25;/h2-3,6-10,13H,4-5,11-12H2,1H3,(H,21,26)(H,22,23,24);1H. The summed E-state index contributed by atoms with van der Waals surface area (Å²) in [5.74, 6) is 1.44. The van der Waals surface area contributed by atoms with E-state index in [4.69, 9.17) is 4.98 Å². The summed E-state index contributed by atoms with van der Waals surface area (Å²) < 4.78 is 0. The fourth-order valence-electron chi connectivity index (χ4n) is 3.29. The normalized spacial score (nSPS) is 13.3. The number of hydrogen-bond donors (Lipinski definition) is 2. The van der Waals surface area contributed by atoms with E-state index in [1.807, 2.05) is 42.5 Å². The third kappa shape index (κ3) is 4.28. The fourth-order valence-corrected chi connectivity index (χ4v) is 3.29. The van der Waals surface area contributed by atoms with E-state index in [9.17, 15) is 4.79 Å². The summed E-state index contributed by atoms with van der Waals surface area (Å²) in [7, 11) is 0. The van der Waals surface area contributed by atoms with Gasteiger partial charge < -0.3 is 15.5 Å². The molecule has 0 saturated carbocycles. The first-order valence-electron chi connectivity index (χ1n) is 8.85. The minimum atomic E-state index is -0.0968. The van der Waals surface area contributed by atoms with Crippen molar-refractivity contribution in [2.45, 2.75) is 19.8 Å². The van der Waals surface area contributed by atoms with E-state index in [0.717, 1.165) is 41.2 Å². The number of anilines is 4. The smallest absolute Gasteiger partial charge is 0.229 e. The van der Waals surface area contributed by atoms with Crippen LogP contribution in [0.1, 0.15) is 19.8 Å². The number of carbonyl (C=O) groups excluding carboxylic acids is 1. The van der Waals surface area contributed by atoms with Crippen LogP contribution in [0.15, 0.2) is 48.5 Å². The van der Waals surface area contributed by atoms with E-state index in [1.54, 1.807) is 0 Å². The molecule has 2 N–H and O–H groups in total. The molecule has 3 aromatic rings. The molecule has 27 heavy (non-hydrogen) atoms. The van der Waals surface area contributed by atoms with Crippen molar-refractivity contribution < 1.29 is 4.79 Å². The lowest BCUT2D eigenvalue weighted by Crippen LogP contribution is -2.20. The number of nitrogens with zero attached hydrogens (tertiary/aromatic N) is 3. The van der Waals surface area contributed by atoms with Gasteiger partial charge in [0.05, 0.1) is 5.52 Å². The van der Waals surface area contributed by atoms with Crippen LogP contribution >= 0.6 is 12.4 Å². The minimum Gasteiger partial charge on any atom is -0.356 e. The number of halogens is 1. The first-order chi connectivity index (χ1) is 12.7. The van der Waals surface area contributed by atoms with Crippen LogP contribution in [0, 0.1) is 0 Å². The Bertz CT molecular complexity index is 956. The molecule has 0 atom stereocenters. The number of rotatable bonds is 4. The Morgan fingerprint density at radius 3 is 2.52 bits per heavy atom. The van der Waals surface area contributed by atoms with Crippen molar-refractivity contribution in [1.29, 1.82) is 0 Å². The van der Waals surface area contributed by atoms with Crippen molar-refractivity contribution in [2.24, 2.45) is 0 Å². The van der Waals surface area contributed by atoms with Gasteiger partial charge in [-0.05, 0) is 43.2 Å². The van der Waals surface area contributed by atoms with Crippen molar-refractivity contribution in [3.05, 3.63) is 48.5 Å². The van der Waals surface area contributed by atoms with Crippen LogP contribution in [-0.4, -0.2) is 29.0 Å². The highest BCUT2D eigenvalue weighted by molar-refractivity contribution is 5.91. The van der Waals surface area contributed by atoms with Crippen LogP contribution in [-0.2, 0) is 4.79 Å². The highest BCUT2D eigenvalue weighted by atomic mass is 35.5. The van der Waals surface area contributed by atoms with Gasteiger partial charge in [-0.15, -0.1) is 12.4 Å². The number of nitrogens with one attached hydrogen (secondary N) is 2. The second-order valence-electron chi connectivity index (χ2n) is 6.47. The van der Waals surface area contributed by atoms with Crippen LogP contribution in [0.5, 0.6) is 0 Å². The molecule has 1 amide bonds. The van der Waals surface area contributed by atoms with Crippen LogP contribution in [0.25, 0.3) is 10.9 Å². The molecule has 6 nitrogen and oxygen atoms in total. The van der Waals surface area contributed by atoms with E-state index < -0.39 is 0 Å². The number of carbonyl (C=O) groups is 1. The van der Waals surface area contributed by atoms with Crippen molar-refractivity contribution >= 4 is 52.4 Å². The van der Waals surface area contributed by atoms with Gasteiger partial charge >= 0.3 is 0 Å². The summed E-state index contributed by atoms with van der Waals surface area (Å²) in [6.07, 6.45) is 2.39. The maximum atomic E-state index is 11.3. The molecule has 140 valence electrons. The van der Waals surface area contributed by atoms with E-state index in [2.05, 4.69) is 26.6 Å². The second-order valence-corrected chi connectivity index (χ2v) is 6.47. The summed E-state index contributed by atoms with van der Waals surface area (Å²) in [5, 5.41) is 7.14. The molecule has 1 aliphatic heterocycles. The quantitative estimate of drug-likeness (QED) is 0.700. The third-order valence-corrected chi connectivity index (χ3v) is 4.43. The zero-order chi connectivity index (χ0) is 17.9. The van der Waals surface area contributed by atoms with Crippen LogP contribution in [0.2, 0.25) is 0 Å². The molecule has 7 heteroatoms. The molecule has 0 aliphatic carbocycles. The Balaban J connectivity index is 0.00000210. The molecule has 1 fully saturated rings. The monoisotopic (exact) mass is 383 g/mol. The molecule has 0 radical (unpaired) electrons. The molecular weight excluding hydrogens is 362 g/mol. The van der Waals surface area contributed by atoms with Crippen molar-refractivity contribution in [3.63, 3.8) is 0 Å². The largest absolute Gasteiger partial charge is 0.356 e. The van der Waals surface area contributed by atoms with Gasteiger partial charge in [-0.2, -0.15) is 4.98 Å². The first-order valence-corrected chi connectivity index (χ1v) is 8.85. The van der Waals surface area contributed by atoms with Gasteiger partial charge in [0.2, 0.25) is 11.9 Å². The minimum absolute atomic E-state index is 0. The molecule has 0 unspecified atom stereocenters. The van der Waals surface area contributed by atoms with Crippen molar-refractivity contribution in [1.82, 2.24) is 9.97 Å². The molecule has 1 saturated heterocycles. The van der Waals surface area contributed by atoms with Crippen LogP contribution in [0.3, 0.4) is 0 Å². The molecule has 2 heterocycles. The van der Waals surface area contributed by atoms with Gasteiger partial charge in [0.25, 0.3) is 0 Å². The summed E-state index contributed by atoms with van der Waals surface area (Å²) in [6, 6.07) is 15.6. The molecule has 0 spiro atoms. The molecule has 1 aromatic heterocycles. The molecule has 1 aliphatic rings. The summed E-state index contributed by atoms with van der Waals surface area (Å²) in [6.45, 7) is 3.55. The Kier molecular flexibility index (Phi) is 5.76. The lowest BCUT2D eigenvalue weighted by atomic mass is 10.2. The van der Waals surface area contributed by atoms with Gasteiger partial charge in [0.15, 0.2) is 0 Å². The molecule has 0 bridgehead atoms. The average Bonchev–Trinajstić information content (AvgIpc) is 3.15. The fraction of sp³-hybridized carbons (Fsp3) is 0.250. The zero-order valence-corrected chi connectivity index (χ0v) is 15.9. The predicted octanol–water partition coefficient (Wildman–Crippen LogP) is 4.35. The predicted molar refractivity (Wildman–Crippen MR) is 112 cm³/mol. The van der Waals surface area contributed by atoms with Gasteiger partial charge in [-0.1, -0.05) is 18.2 Å².